The maximum absolute atomic E-state index is 11.8. The number of nitrogens with one attached hydrogen (secondary N) is 1. The van der Waals surface area contributed by atoms with Gasteiger partial charge in [-0.25, -0.2) is 0 Å². The Morgan fingerprint density at radius 2 is 2.00 bits per heavy atom. The summed E-state index contributed by atoms with van der Waals surface area (Å²) in [7, 11) is 3.27. The van der Waals surface area contributed by atoms with E-state index in [1.54, 1.807) is 14.2 Å². The number of amides is 1. The van der Waals surface area contributed by atoms with Crippen LogP contribution in [0.5, 0.6) is 0 Å². The molecular formula is C12H26N2O3. The Bertz CT molecular complexity index is 194. The maximum Gasteiger partial charge on any atom is 0.237 e. The first-order valence-electron chi connectivity index (χ1n) is 6.19. The van der Waals surface area contributed by atoms with E-state index in [9.17, 15) is 4.79 Å². The van der Waals surface area contributed by atoms with Crippen LogP contribution >= 0.6 is 0 Å². The van der Waals surface area contributed by atoms with Crippen LogP contribution in [0, 0.1) is 0 Å². The standard InChI is InChI=1S/C12H26N2O3/c1-4-6-10(9-17-3)14-12(15)11(13)7-5-8-16-2/h10-11H,4-9,13H2,1-3H3,(H,14,15). The van der Waals surface area contributed by atoms with Crippen molar-refractivity contribution < 1.29 is 14.3 Å². The second kappa shape index (κ2) is 10.5. The van der Waals surface area contributed by atoms with Crippen molar-refractivity contribution in [2.45, 2.75) is 44.7 Å². The van der Waals surface area contributed by atoms with E-state index in [1.165, 1.54) is 0 Å². The molecule has 2 atom stereocenters. The van der Waals surface area contributed by atoms with E-state index in [4.69, 9.17) is 15.2 Å². The second-order valence-electron chi connectivity index (χ2n) is 4.19. The van der Waals surface area contributed by atoms with E-state index in [0.29, 0.717) is 19.6 Å². The Morgan fingerprint density at radius 1 is 1.29 bits per heavy atom. The molecule has 0 bridgehead atoms. The van der Waals surface area contributed by atoms with Crippen molar-refractivity contribution in [2.75, 3.05) is 27.4 Å². The molecule has 0 heterocycles. The zero-order chi connectivity index (χ0) is 13.1. The van der Waals surface area contributed by atoms with Crippen LogP contribution in [-0.4, -0.2) is 45.4 Å². The molecule has 3 N–H and O–H groups in total. The molecule has 5 nitrogen and oxygen atoms in total. The molecular weight excluding hydrogens is 220 g/mol. The smallest absolute Gasteiger partial charge is 0.237 e. The highest BCUT2D eigenvalue weighted by molar-refractivity contribution is 5.81. The lowest BCUT2D eigenvalue weighted by molar-refractivity contribution is -0.123. The normalized spacial score (nSPS) is 14.4. The van der Waals surface area contributed by atoms with Gasteiger partial charge in [0.15, 0.2) is 0 Å². The molecule has 17 heavy (non-hydrogen) atoms. The molecule has 0 rings (SSSR count). The quantitative estimate of drug-likeness (QED) is 0.556. The van der Waals surface area contributed by atoms with Crippen LogP contribution in [0.2, 0.25) is 0 Å². The monoisotopic (exact) mass is 246 g/mol. The van der Waals surface area contributed by atoms with Gasteiger partial charge < -0.3 is 20.5 Å². The van der Waals surface area contributed by atoms with Gasteiger partial charge in [0, 0.05) is 20.8 Å². The molecule has 2 unspecified atom stereocenters. The number of methoxy groups -OCH3 is 2. The average Bonchev–Trinajstić information content (AvgIpc) is 2.29. The van der Waals surface area contributed by atoms with Gasteiger partial charge >= 0.3 is 0 Å². The average molecular weight is 246 g/mol. The highest BCUT2D eigenvalue weighted by atomic mass is 16.5. The molecule has 0 saturated carbocycles. The van der Waals surface area contributed by atoms with Gasteiger partial charge in [-0.3, -0.25) is 4.79 Å². The summed E-state index contributed by atoms with van der Waals surface area (Å²) in [6.45, 7) is 3.25. The molecule has 0 aromatic carbocycles. The van der Waals surface area contributed by atoms with Crippen LogP contribution in [0.25, 0.3) is 0 Å². The van der Waals surface area contributed by atoms with Gasteiger partial charge in [0.25, 0.3) is 0 Å². The maximum atomic E-state index is 11.8. The van der Waals surface area contributed by atoms with Crippen LogP contribution in [0.4, 0.5) is 0 Å². The Balaban J connectivity index is 3.92. The molecule has 0 aliphatic carbocycles. The molecule has 0 fully saturated rings. The highest BCUT2D eigenvalue weighted by Crippen LogP contribution is 2.00. The Labute approximate surface area is 104 Å². The number of ether oxygens (including phenoxy) is 2. The predicted molar refractivity (Wildman–Crippen MR) is 67.8 cm³/mol. The van der Waals surface area contributed by atoms with E-state index in [-0.39, 0.29) is 11.9 Å². The number of hydrogen-bond donors (Lipinski definition) is 2. The third kappa shape index (κ3) is 8.12. The molecule has 0 aliphatic rings. The second-order valence-corrected chi connectivity index (χ2v) is 4.19. The first-order chi connectivity index (χ1) is 8.15. The number of carbonyl (C=O) groups excluding carboxylic acids is 1. The summed E-state index contributed by atoms with van der Waals surface area (Å²) in [5.74, 6) is -0.100. The van der Waals surface area contributed by atoms with E-state index in [0.717, 1.165) is 19.3 Å². The summed E-state index contributed by atoms with van der Waals surface area (Å²) in [4.78, 5) is 11.8. The van der Waals surface area contributed by atoms with Crippen molar-refractivity contribution in [3.63, 3.8) is 0 Å². The van der Waals surface area contributed by atoms with Gasteiger partial charge in [0.2, 0.25) is 5.91 Å². The Kier molecular flexibility index (Phi) is 10.1. The Hall–Kier alpha value is -0.650. The lowest BCUT2D eigenvalue weighted by Crippen LogP contribution is -2.47. The molecule has 102 valence electrons. The fourth-order valence-corrected chi connectivity index (χ4v) is 1.63. The van der Waals surface area contributed by atoms with Crippen molar-refractivity contribution in [3.05, 3.63) is 0 Å². The molecule has 5 heteroatoms. The minimum absolute atomic E-state index is 0.0611. The summed E-state index contributed by atoms with van der Waals surface area (Å²) >= 11 is 0. The SMILES string of the molecule is CCCC(COC)NC(=O)C(N)CCCOC. The predicted octanol–water partition coefficient (Wildman–Crippen LogP) is 0.672. The zero-order valence-electron chi connectivity index (χ0n) is 11.2. The number of hydrogen-bond acceptors (Lipinski definition) is 4. The van der Waals surface area contributed by atoms with Crippen molar-refractivity contribution in [3.8, 4) is 0 Å². The van der Waals surface area contributed by atoms with Gasteiger partial charge in [-0.2, -0.15) is 0 Å². The first kappa shape index (κ1) is 16.4. The van der Waals surface area contributed by atoms with Crippen molar-refractivity contribution in [2.24, 2.45) is 5.73 Å². The molecule has 0 radical (unpaired) electrons. The molecule has 0 saturated heterocycles. The fraction of sp³-hybridized carbons (Fsp3) is 0.917. The fourth-order valence-electron chi connectivity index (χ4n) is 1.63. The van der Waals surface area contributed by atoms with Gasteiger partial charge in [0.1, 0.15) is 0 Å². The zero-order valence-corrected chi connectivity index (χ0v) is 11.2. The third-order valence-electron chi connectivity index (χ3n) is 2.55. The van der Waals surface area contributed by atoms with Crippen LogP contribution in [-0.2, 0) is 14.3 Å². The van der Waals surface area contributed by atoms with Gasteiger partial charge in [-0.15, -0.1) is 0 Å². The number of rotatable bonds is 10. The van der Waals surface area contributed by atoms with Crippen LogP contribution in [0.1, 0.15) is 32.6 Å². The summed E-state index contributed by atoms with van der Waals surface area (Å²) in [6, 6.07) is -0.396. The van der Waals surface area contributed by atoms with E-state index >= 15 is 0 Å². The first-order valence-corrected chi connectivity index (χ1v) is 6.19. The van der Waals surface area contributed by atoms with Crippen LogP contribution in [0.3, 0.4) is 0 Å². The largest absolute Gasteiger partial charge is 0.385 e. The topological polar surface area (TPSA) is 73.6 Å². The van der Waals surface area contributed by atoms with Crippen molar-refractivity contribution >= 4 is 5.91 Å². The van der Waals surface area contributed by atoms with Gasteiger partial charge in [-0.05, 0) is 19.3 Å². The number of nitrogens with two attached hydrogens (primary N) is 1. The molecule has 1 amide bonds. The summed E-state index contributed by atoms with van der Waals surface area (Å²) in [5, 5.41) is 2.92. The molecule has 0 aromatic heterocycles. The Morgan fingerprint density at radius 3 is 2.53 bits per heavy atom. The molecule has 0 aliphatic heterocycles. The summed E-state index contributed by atoms with van der Waals surface area (Å²) in [6.07, 6.45) is 3.36. The van der Waals surface area contributed by atoms with Crippen molar-refractivity contribution in [1.82, 2.24) is 5.32 Å². The lowest BCUT2D eigenvalue weighted by Gasteiger charge is -2.19. The van der Waals surface area contributed by atoms with Gasteiger partial charge in [0.05, 0.1) is 18.7 Å². The third-order valence-corrected chi connectivity index (χ3v) is 2.55. The van der Waals surface area contributed by atoms with E-state index in [1.807, 2.05) is 0 Å². The van der Waals surface area contributed by atoms with Gasteiger partial charge in [-0.1, -0.05) is 13.3 Å². The molecule has 0 spiro atoms. The number of carbonyl (C=O) groups is 1. The minimum Gasteiger partial charge on any atom is -0.385 e. The van der Waals surface area contributed by atoms with E-state index in [2.05, 4.69) is 12.2 Å². The van der Waals surface area contributed by atoms with E-state index < -0.39 is 6.04 Å². The van der Waals surface area contributed by atoms with Crippen LogP contribution in [0.15, 0.2) is 0 Å². The summed E-state index contributed by atoms with van der Waals surface area (Å²) in [5.41, 5.74) is 5.79. The minimum atomic E-state index is -0.457. The lowest BCUT2D eigenvalue weighted by atomic mass is 10.1. The summed E-state index contributed by atoms with van der Waals surface area (Å²) < 4.78 is 9.98. The highest BCUT2D eigenvalue weighted by Gasteiger charge is 2.17. The van der Waals surface area contributed by atoms with Crippen molar-refractivity contribution in [1.29, 1.82) is 0 Å². The molecule has 0 aromatic rings. The van der Waals surface area contributed by atoms with Crippen LogP contribution < -0.4 is 11.1 Å².